The molecule has 2 aromatic rings. The van der Waals surface area contributed by atoms with Gasteiger partial charge in [0.1, 0.15) is 0 Å². The molecule has 1 aliphatic heterocycles. The number of hydrogen-bond acceptors (Lipinski definition) is 4. The Kier molecular flexibility index (Phi) is 4.53. The van der Waals surface area contributed by atoms with Crippen LogP contribution in [0.1, 0.15) is 23.2 Å². The number of hydrogen-bond donors (Lipinski definition) is 2. The van der Waals surface area contributed by atoms with Crippen LogP contribution < -0.4 is 15.5 Å². The van der Waals surface area contributed by atoms with Crippen LogP contribution in [0.25, 0.3) is 0 Å². The number of aromatic nitrogens is 1. The largest absolute Gasteiger partial charge is 0.333 e. The topological polar surface area (TPSA) is 74.3 Å². The molecule has 0 spiro atoms. The lowest BCUT2D eigenvalue weighted by Gasteiger charge is -2.18. The van der Waals surface area contributed by atoms with Crippen LogP contribution in [0.15, 0.2) is 23.6 Å². The average molecular weight is 344 g/mol. The minimum absolute atomic E-state index is 0.0219. The second kappa shape index (κ2) is 6.60. The van der Waals surface area contributed by atoms with Crippen molar-refractivity contribution in [2.75, 3.05) is 16.8 Å². The number of rotatable bonds is 3. The summed E-state index contributed by atoms with van der Waals surface area (Å²) in [4.78, 5) is 30.2. The van der Waals surface area contributed by atoms with Crippen molar-refractivity contribution in [2.45, 2.75) is 33.2 Å². The number of carbonyl (C=O) groups is 2. The summed E-state index contributed by atoms with van der Waals surface area (Å²) < 4.78 is 0. The monoisotopic (exact) mass is 344 g/mol. The molecule has 0 aliphatic carbocycles. The quantitative estimate of drug-likeness (QED) is 0.899. The number of amides is 3. The van der Waals surface area contributed by atoms with E-state index >= 15 is 0 Å². The SMILES string of the molecule is Cc1csc(NC(=O)N[C@@H]2CC(=O)N(c3ccc(C)c(C)c3)C2)n1. The van der Waals surface area contributed by atoms with Crippen molar-refractivity contribution >= 4 is 34.1 Å². The first-order valence-electron chi connectivity index (χ1n) is 7.79. The molecule has 3 rings (SSSR count). The van der Waals surface area contributed by atoms with E-state index in [0.29, 0.717) is 18.1 Å². The van der Waals surface area contributed by atoms with Crippen molar-refractivity contribution in [3.8, 4) is 0 Å². The predicted octanol–water partition coefficient (Wildman–Crippen LogP) is 3.00. The fourth-order valence-corrected chi connectivity index (χ4v) is 3.36. The summed E-state index contributed by atoms with van der Waals surface area (Å²) in [6.45, 7) is 6.42. The van der Waals surface area contributed by atoms with E-state index in [4.69, 9.17) is 0 Å². The zero-order valence-corrected chi connectivity index (χ0v) is 14.7. The lowest BCUT2D eigenvalue weighted by Crippen LogP contribution is -2.39. The summed E-state index contributed by atoms with van der Waals surface area (Å²) in [5, 5.41) is 7.98. The van der Waals surface area contributed by atoms with Gasteiger partial charge in [0.25, 0.3) is 0 Å². The van der Waals surface area contributed by atoms with E-state index in [9.17, 15) is 9.59 Å². The summed E-state index contributed by atoms with van der Waals surface area (Å²) in [6, 6.07) is 5.43. The Morgan fingerprint density at radius 3 is 2.75 bits per heavy atom. The molecule has 0 radical (unpaired) electrons. The molecule has 0 bridgehead atoms. The molecule has 3 amide bonds. The number of anilines is 2. The van der Waals surface area contributed by atoms with E-state index in [1.54, 1.807) is 4.90 Å². The molecule has 1 aliphatic rings. The van der Waals surface area contributed by atoms with Gasteiger partial charge in [0.15, 0.2) is 5.13 Å². The van der Waals surface area contributed by atoms with Crippen LogP contribution in [-0.2, 0) is 4.79 Å². The third-order valence-electron chi connectivity index (χ3n) is 4.10. The van der Waals surface area contributed by atoms with Gasteiger partial charge in [-0.15, -0.1) is 11.3 Å². The molecule has 1 atom stereocenters. The van der Waals surface area contributed by atoms with Crippen molar-refractivity contribution in [3.05, 3.63) is 40.4 Å². The third-order valence-corrected chi connectivity index (χ3v) is 4.98. The summed E-state index contributed by atoms with van der Waals surface area (Å²) in [5.74, 6) is 0.0219. The second-order valence-electron chi connectivity index (χ2n) is 6.07. The maximum Gasteiger partial charge on any atom is 0.321 e. The first-order chi connectivity index (χ1) is 11.4. The van der Waals surface area contributed by atoms with E-state index < -0.39 is 0 Å². The smallest absolute Gasteiger partial charge is 0.321 e. The van der Waals surface area contributed by atoms with Gasteiger partial charge in [0.2, 0.25) is 5.91 Å². The molecule has 2 N–H and O–H groups in total. The Morgan fingerprint density at radius 2 is 2.08 bits per heavy atom. The number of benzene rings is 1. The van der Waals surface area contributed by atoms with Gasteiger partial charge in [0.05, 0.1) is 11.7 Å². The summed E-state index contributed by atoms with van der Waals surface area (Å²) >= 11 is 1.38. The summed E-state index contributed by atoms with van der Waals surface area (Å²) in [5.41, 5.74) is 4.09. The highest BCUT2D eigenvalue weighted by atomic mass is 32.1. The van der Waals surface area contributed by atoms with Crippen LogP contribution in [0.3, 0.4) is 0 Å². The maximum atomic E-state index is 12.3. The van der Waals surface area contributed by atoms with Gasteiger partial charge in [-0.25, -0.2) is 9.78 Å². The van der Waals surface area contributed by atoms with Crippen LogP contribution in [-0.4, -0.2) is 29.5 Å². The van der Waals surface area contributed by atoms with Crippen LogP contribution >= 0.6 is 11.3 Å². The number of thiazole rings is 1. The zero-order valence-electron chi connectivity index (χ0n) is 13.9. The van der Waals surface area contributed by atoms with E-state index in [0.717, 1.165) is 16.9 Å². The van der Waals surface area contributed by atoms with Gasteiger partial charge in [-0.3, -0.25) is 10.1 Å². The Balaban J connectivity index is 1.61. The Bertz CT molecular complexity index is 787. The third kappa shape index (κ3) is 3.56. The lowest BCUT2D eigenvalue weighted by atomic mass is 10.1. The molecule has 7 heteroatoms. The van der Waals surface area contributed by atoms with Gasteiger partial charge in [0, 0.05) is 24.0 Å². The number of nitrogens with zero attached hydrogens (tertiary/aromatic N) is 2. The standard InChI is InChI=1S/C17H20N4O2S/c1-10-4-5-14(6-11(10)2)21-8-13(7-15(21)22)19-16(23)20-17-18-12(3)9-24-17/h4-6,9,13H,7-8H2,1-3H3,(H2,18,19,20,23)/t13-/m1/s1. The van der Waals surface area contributed by atoms with Crippen LogP contribution in [0.5, 0.6) is 0 Å². The molecule has 1 aromatic heterocycles. The fourth-order valence-electron chi connectivity index (χ4n) is 2.68. The average Bonchev–Trinajstić information content (AvgIpc) is 3.08. The zero-order chi connectivity index (χ0) is 17.3. The number of carbonyl (C=O) groups excluding carboxylic acids is 2. The lowest BCUT2D eigenvalue weighted by molar-refractivity contribution is -0.117. The molecule has 1 fully saturated rings. The van der Waals surface area contributed by atoms with Crippen molar-refractivity contribution in [3.63, 3.8) is 0 Å². The molecule has 0 unspecified atom stereocenters. The highest BCUT2D eigenvalue weighted by molar-refractivity contribution is 7.13. The number of aryl methyl sites for hydroxylation is 3. The fraction of sp³-hybridized carbons (Fsp3) is 0.353. The Hall–Kier alpha value is -2.41. The van der Waals surface area contributed by atoms with Crippen LogP contribution in [0.4, 0.5) is 15.6 Å². The van der Waals surface area contributed by atoms with Crippen molar-refractivity contribution in [2.24, 2.45) is 0 Å². The molecule has 0 saturated carbocycles. The maximum absolute atomic E-state index is 12.3. The first-order valence-corrected chi connectivity index (χ1v) is 8.67. The molecule has 24 heavy (non-hydrogen) atoms. The molecule has 2 heterocycles. The van der Waals surface area contributed by atoms with Gasteiger partial charge in [-0.2, -0.15) is 0 Å². The minimum Gasteiger partial charge on any atom is -0.333 e. The predicted molar refractivity (Wildman–Crippen MR) is 95.7 cm³/mol. The molecule has 1 saturated heterocycles. The van der Waals surface area contributed by atoms with Crippen molar-refractivity contribution in [1.29, 1.82) is 0 Å². The van der Waals surface area contributed by atoms with E-state index in [-0.39, 0.29) is 18.0 Å². The highest BCUT2D eigenvalue weighted by Crippen LogP contribution is 2.24. The number of urea groups is 1. The highest BCUT2D eigenvalue weighted by Gasteiger charge is 2.31. The van der Waals surface area contributed by atoms with Gasteiger partial charge in [-0.1, -0.05) is 6.07 Å². The van der Waals surface area contributed by atoms with Gasteiger partial charge < -0.3 is 10.2 Å². The van der Waals surface area contributed by atoms with E-state index in [2.05, 4.69) is 15.6 Å². The minimum atomic E-state index is -0.330. The Morgan fingerprint density at radius 1 is 1.29 bits per heavy atom. The number of nitrogens with one attached hydrogen (secondary N) is 2. The molecule has 126 valence electrons. The van der Waals surface area contributed by atoms with Crippen LogP contribution in [0.2, 0.25) is 0 Å². The molecular weight excluding hydrogens is 324 g/mol. The van der Waals surface area contributed by atoms with Crippen molar-refractivity contribution < 1.29 is 9.59 Å². The Labute approximate surface area is 144 Å². The van der Waals surface area contributed by atoms with Gasteiger partial charge in [-0.05, 0) is 44.0 Å². The normalized spacial score (nSPS) is 17.2. The van der Waals surface area contributed by atoms with E-state index in [1.165, 1.54) is 16.9 Å². The second-order valence-corrected chi connectivity index (χ2v) is 6.92. The molecular formula is C17H20N4O2S. The van der Waals surface area contributed by atoms with Crippen LogP contribution in [0, 0.1) is 20.8 Å². The van der Waals surface area contributed by atoms with Crippen molar-refractivity contribution in [1.82, 2.24) is 10.3 Å². The first kappa shape index (κ1) is 16.4. The molecule has 6 nitrogen and oxygen atoms in total. The molecule has 1 aromatic carbocycles. The van der Waals surface area contributed by atoms with E-state index in [1.807, 2.05) is 44.4 Å². The summed E-state index contributed by atoms with van der Waals surface area (Å²) in [6.07, 6.45) is 0.303. The van der Waals surface area contributed by atoms with Gasteiger partial charge >= 0.3 is 6.03 Å². The summed E-state index contributed by atoms with van der Waals surface area (Å²) in [7, 11) is 0.